The Morgan fingerprint density at radius 1 is 1.04 bits per heavy atom. The third-order valence-electron chi connectivity index (χ3n) is 3.91. The van der Waals surface area contributed by atoms with Gasteiger partial charge in [0.05, 0.1) is 11.4 Å². The van der Waals surface area contributed by atoms with E-state index in [1.165, 1.54) is 0 Å². The molecule has 0 radical (unpaired) electrons. The van der Waals surface area contributed by atoms with E-state index in [4.69, 9.17) is 11.5 Å². The molecule has 2 aromatic carbocycles. The number of nitrogens with one attached hydrogen (secondary N) is 1. The first-order valence-electron chi connectivity index (χ1n) is 7.83. The topological polar surface area (TPSA) is 117 Å². The fraction of sp³-hybridized carbons (Fsp3) is 0.105. The number of anilines is 3. The Kier molecular flexibility index (Phi) is 4.45. The van der Waals surface area contributed by atoms with Crippen molar-refractivity contribution < 1.29 is 10.2 Å². The summed E-state index contributed by atoms with van der Waals surface area (Å²) in [6.07, 6.45) is 7.21. The number of phenolic OH excluding ortho intramolecular Hbond substituents is 2. The summed E-state index contributed by atoms with van der Waals surface area (Å²) in [6, 6.07) is 8.59. The molecule has 0 unspecified atom stereocenters. The highest BCUT2D eigenvalue weighted by molar-refractivity contribution is 6.06. The van der Waals surface area contributed by atoms with Gasteiger partial charge >= 0.3 is 0 Å². The van der Waals surface area contributed by atoms with E-state index in [0.717, 1.165) is 5.69 Å². The molecule has 1 aliphatic rings. The van der Waals surface area contributed by atoms with Crippen LogP contribution in [0.25, 0.3) is 0 Å². The fourth-order valence-corrected chi connectivity index (χ4v) is 2.43. The standard InChI is InChI=1S/C19H20N4O2/c1-11-18(24)16(22-14-6-2-12(20)3-7-14)10-17(19(11)25)23-15-8-4-13(21)5-9-15/h2-10,12,23-25H,20-21H2,1H3. The summed E-state index contributed by atoms with van der Waals surface area (Å²) in [5.74, 6) is -0.0976. The van der Waals surface area contributed by atoms with E-state index in [2.05, 4.69) is 10.3 Å². The van der Waals surface area contributed by atoms with E-state index < -0.39 is 0 Å². The lowest BCUT2D eigenvalue weighted by molar-refractivity contribution is 0.446. The van der Waals surface area contributed by atoms with Crippen LogP contribution < -0.4 is 16.8 Å². The molecule has 0 spiro atoms. The van der Waals surface area contributed by atoms with E-state index in [1.54, 1.807) is 49.4 Å². The Hall–Kier alpha value is -3.25. The van der Waals surface area contributed by atoms with Crippen LogP contribution in [0, 0.1) is 6.92 Å². The van der Waals surface area contributed by atoms with Crippen molar-refractivity contribution in [1.29, 1.82) is 0 Å². The molecular weight excluding hydrogens is 316 g/mol. The molecule has 1 aliphatic carbocycles. The Morgan fingerprint density at radius 3 is 2.32 bits per heavy atom. The quantitative estimate of drug-likeness (QED) is 0.335. The van der Waals surface area contributed by atoms with Crippen LogP contribution in [0.3, 0.4) is 0 Å². The van der Waals surface area contributed by atoms with Gasteiger partial charge < -0.3 is 27.0 Å². The van der Waals surface area contributed by atoms with Gasteiger partial charge in [-0.1, -0.05) is 12.2 Å². The van der Waals surface area contributed by atoms with Crippen LogP contribution in [-0.2, 0) is 0 Å². The Labute approximate surface area is 145 Å². The average molecular weight is 336 g/mol. The maximum absolute atomic E-state index is 10.3. The summed E-state index contributed by atoms with van der Waals surface area (Å²) >= 11 is 0. The maximum Gasteiger partial charge on any atom is 0.147 e. The molecule has 25 heavy (non-hydrogen) atoms. The molecule has 0 aliphatic heterocycles. The molecule has 0 saturated carbocycles. The van der Waals surface area contributed by atoms with E-state index >= 15 is 0 Å². The normalized spacial score (nSPS) is 16.1. The van der Waals surface area contributed by atoms with Crippen molar-refractivity contribution in [2.24, 2.45) is 10.7 Å². The number of hydrogen-bond acceptors (Lipinski definition) is 6. The lowest BCUT2D eigenvalue weighted by Crippen LogP contribution is -2.16. The monoisotopic (exact) mass is 336 g/mol. The van der Waals surface area contributed by atoms with Crippen molar-refractivity contribution in [2.45, 2.75) is 13.0 Å². The molecule has 0 fully saturated rings. The molecule has 0 aromatic heterocycles. The van der Waals surface area contributed by atoms with Gasteiger partial charge in [-0.05, 0) is 49.4 Å². The SMILES string of the molecule is Cc1c(O)c(N=C2C=CC(N)C=C2)cc(Nc2ccc(N)cc2)c1O. The number of aliphatic imine (C=N–C) groups is 1. The predicted octanol–water partition coefficient (Wildman–Crippen LogP) is 3.26. The first kappa shape index (κ1) is 16.6. The van der Waals surface area contributed by atoms with E-state index in [1.807, 2.05) is 12.2 Å². The molecule has 128 valence electrons. The molecule has 6 heteroatoms. The largest absolute Gasteiger partial charge is 0.505 e. The van der Waals surface area contributed by atoms with E-state index in [-0.39, 0.29) is 17.5 Å². The van der Waals surface area contributed by atoms with Gasteiger partial charge in [-0.15, -0.1) is 0 Å². The lowest BCUT2D eigenvalue weighted by atomic mass is 10.1. The van der Waals surface area contributed by atoms with Crippen LogP contribution in [0.15, 0.2) is 59.6 Å². The number of benzene rings is 2. The van der Waals surface area contributed by atoms with Crippen LogP contribution >= 0.6 is 0 Å². The number of nitrogens with zero attached hydrogens (tertiary/aromatic N) is 1. The van der Waals surface area contributed by atoms with Gasteiger partial charge in [0.2, 0.25) is 0 Å². The molecule has 0 heterocycles. The van der Waals surface area contributed by atoms with Crippen molar-refractivity contribution in [3.8, 4) is 11.5 Å². The summed E-state index contributed by atoms with van der Waals surface area (Å²) in [4.78, 5) is 4.44. The van der Waals surface area contributed by atoms with Gasteiger partial charge in [-0.25, -0.2) is 4.99 Å². The predicted molar refractivity (Wildman–Crippen MR) is 102 cm³/mol. The molecule has 0 bridgehead atoms. The minimum atomic E-state index is -0.128. The Balaban J connectivity index is 1.98. The number of phenols is 2. The van der Waals surface area contributed by atoms with Gasteiger partial charge in [-0.2, -0.15) is 0 Å². The Morgan fingerprint density at radius 2 is 1.68 bits per heavy atom. The first-order chi connectivity index (χ1) is 11.9. The highest BCUT2D eigenvalue weighted by Crippen LogP contribution is 2.42. The fourth-order valence-electron chi connectivity index (χ4n) is 2.43. The van der Waals surface area contributed by atoms with E-state index in [0.29, 0.717) is 28.3 Å². The second-order valence-electron chi connectivity index (χ2n) is 5.84. The molecule has 3 rings (SSSR count). The number of aromatic hydroxyl groups is 2. The summed E-state index contributed by atoms with van der Waals surface area (Å²) in [5.41, 5.74) is 14.7. The molecule has 6 nitrogen and oxygen atoms in total. The van der Waals surface area contributed by atoms with Crippen molar-refractivity contribution in [3.05, 3.63) is 60.2 Å². The summed E-state index contributed by atoms with van der Waals surface area (Å²) in [5, 5.41) is 23.7. The smallest absolute Gasteiger partial charge is 0.147 e. The first-order valence-corrected chi connectivity index (χ1v) is 7.83. The molecule has 0 atom stereocenters. The second-order valence-corrected chi connectivity index (χ2v) is 5.84. The summed E-state index contributed by atoms with van der Waals surface area (Å²) < 4.78 is 0. The third-order valence-corrected chi connectivity index (χ3v) is 3.91. The second kappa shape index (κ2) is 6.70. The minimum absolute atomic E-state index is 0.0324. The molecule has 0 amide bonds. The highest BCUT2D eigenvalue weighted by atomic mass is 16.3. The zero-order valence-electron chi connectivity index (χ0n) is 13.8. The van der Waals surface area contributed by atoms with Crippen LogP contribution in [-0.4, -0.2) is 22.0 Å². The Bertz CT molecular complexity index is 867. The molecule has 7 N–H and O–H groups in total. The van der Waals surface area contributed by atoms with Crippen molar-refractivity contribution in [1.82, 2.24) is 0 Å². The summed E-state index contributed by atoms with van der Waals surface area (Å²) in [7, 11) is 0. The third kappa shape index (κ3) is 3.64. The zero-order chi connectivity index (χ0) is 18.0. The van der Waals surface area contributed by atoms with E-state index in [9.17, 15) is 10.2 Å². The maximum atomic E-state index is 10.3. The number of allylic oxidation sites excluding steroid dienone is 2. The van der Waals surface area contributed by atoms with Gasteiger partial charge in [0.15, 0.2) is 0 Å². The van der Waals surface area contributed by atoms with Crippen LogP contribution in [0.5, 0.6) is 11.5 Å². The summed E-state index contributed by atoms with van der Waals surface area (Å²) in [6.45, 7) is 1.63. The van der Waals surface area contributed by atoms with Crippen molar-refractivity contribution in [2.75, 3.05) is 11.1 Å². The highest BCUT2D eigenvalue weighted by Gasteiger charge is 2.15. The number of hydrogen-bond donors (Lipinski definition) is 5. The van der Waals surface area contributed by atoms with Gasteiger partial charge in [-0.3, -0.25) is 0 Å². The average Bonchev–Trinajstić information content (AvgIpc) is 2.61. The minimum Gasteiger partial charge on any atom is -0.505 e. The van der Waals surface area contributed by atoms with Gasteiger partial charge in [0, 0.05) is 23.0 Å². The molecule has 0 saturated heterocycles. The van der Waals surface area contributed by atoms with Gasteiger partial charge in [0.25, 0.3) is 0 Å². The lowest BCUT2D eigenvalue weighted by Gasteiger charge is -2.14. The number of nitrogen functional groups attached to an aromatic ring is 1. The molecular formula is C19H20N4O2. The van der Waals surface area contributed by atoms with Crippen LogP contribution in [0.2, 0.25) is 0 Å². The molecule has 2 aromatic rings. The van der Waals surface area contributed by atoms with Crippen molar-refractivity contribution >= 4 is 28.5 Å². The van der Waals surface area contributed by atoms with Gasteiger partial charge in [0.1, 0.15) is 17.2 Å². The number of nitrogens with two attached hydrogens (primary N) is 2. The number of rotatable bonds is 3. The van der Waals surface area contributed by atoms with Crippen LogP contribution in [0.1, 0.15) is 5.56 Å². The van der Waals surface area contributed by atoms with Crippen molar-refractivity contribution in [3.63, 3.8) is 0 Å². The van der Waals surface area contributed by atoms with Crippen LogP contribution in [0.4, 0.5) is 22.7 Å². The zero-order valence-corrected chi connectivity index (χ0v) is 13.8.